The quantitative estimate of drug-likeness (QED) is 0.0222. The van der Waals surface area contributed by atoms with Crippen molar-refractivity contribution in [3.8, 4) is 0 Å². The summed E-state index contributed by atoms with van der Waals surface area (Å²) in [6.07, 6.45) is 45.9. The Bertz CT molecular complexity index is 1820. The molecule has 0 aromatic rings. The van der Waals surface area contributed by atoms with E-state index >= 15 is 0 Å². The zero-order valence-electron chi connectivity index (χ0n) is 60.2. The highest BCUT2D eigenvalue weighted by Crippen LogP contribution is 2.45. The minimum atomic E-state index is -4.95. The van der Waals surface area contributed by atoms with Crippen molar-refractivity contribution in [1.29, 1.82) is 0 Å². The monoisotopic (exact) mass is 1350 g/mol. The van der Waals surface area contributed by atoms with Gasteiger partial charge in [-0.1, -0.05) is 312 Å². The molecule has 19 heteroatoms. The van der Waals surface area contributed by atoms with E-state index in [4.69, 9.17) is 37.0 Å². The van der Waals surface area contributed by atoms with Gasteiger partial charge in [-0.15, -0.1) is 0 Å². The van der Waals surface area contributed by atoms with Crippen molar-refractivity contribution >= 4 is 39.5 Å². The molecule has 0 saturated heterocycles. The van der Waals surface area contributed by atoms with E-state index in [1.807, 2.05) is 0 Å². The normalized spacial score (nSPS) is 14.8. The Labute approximate surface area is 562 Å². The number of carbonyl (C=O) groups is 4. The van der Waals surface area contributed by atoms with Crippen LogP contribution in [0.25, 0.3) is 0 Å². The number of rotatable bonds is 70. The van der Waals surface area contributed by atoms with E-state index in [1.54, 1.807) is 0 Å². The van der Waals surface area contributed by atoms with Crippen molar-refractivity contribution in [3.63, 3.8) is 0 Å². The van der Waals surface area contributed by atoms with Crippen molar-refractivity contribution in [2.75, 3.05) is 39.6 Å². The first-order valence-corrected chi connectivity index (χ1v) is 40.8. The van der Waals surface area contributed by atoms with Crippen LogP contribution in [0.1, 0.15) is 364 Å². The van der Waals surface area contributed by atoms with Crippen molar-refractivity contribution in [2.45, 2.75) is 382 Å². The number of hydrogen-bond acceptors (Lipinski definition) is 15. The fraction of sp³-hybridized carbons (Fsp3) is 0.945. The van der Waals surface area contributed by atoms with Gasteiger partial charge in [0.15, 0.2) is 12.2 Å². The third kappa shape index (κ3) is 64.1. The molecule has 0 fully saturated rings. The van der Waals surface area contributed by atoms with Crippen LogP contribution in [-0.4, -0.2) is 96.7 Å². The van der Waals surface area contributed by atoms with Gasteiger partial charge in [0.2, 0.25) is 0 Å². The third-order valence-electron chi connectivity index (χ3n) is 17.5. The number of aliphatic hydroxyl groups excluding tert-OH is 1. The number of hydrogen-bond donors (Lipinski definition) is 3. The average Bonchev–Trinajstić information content (AvgIpc) is 2.62. The molecule has 0 rings (SSSR count). The lowest BCUT2D eigenvalue weighted by Gasteiger charge is -2.21. The van der Waals surface area contributed by atoms with Gasteiger partial charge in [-0.2, -0.15) is 0 Å². The molecule has 546 valence electrons. The second-order valence-electron chi connectivity index (χ2n) is 27.8. The summed E-state index contributed by atoms with van der Waals surface area (Å²) in [5.41, 5.74) is 0. The predicted molar refractivity (Wildman–Crippen MR) is 372 cm³/mol. The van der Waals surface area contributed by atoms with Gasteiger partial charge in [0.25, 0.3) is 0 Å². The number of phosphoric ester groups is 2. The maximum Gasteiger partial charge on any atom is 0.472 e. The van der Waals surface area contributed by atoms with E-state index in [-0.39, 0.29) is 25.7 Å². The van der Waals surface area contributed by atoms with Crippen LogP contribution in [0, 0.1) is 23.7 Å². The molecule has 0 aliphatic heterocycles. The zero-order chi connectivity index (χ0) is 68.2. The Morgan fingerprint density at radius 1 is 0.304 bits per heavy atom. The number of carbonyl (C=O) groups excluding carboxylic acids is 4. The minimum absolute atomic E-state index is 0.104. The Kier molecular flexibility index (Phi) is 61.3. The number of ether oxygens (including phenoxy) is 4. The molecule has 0 aliphatic rings. The Balaban J connectivity index is 5.22. The summed E-state index contributed by atoms with van der Waals surface area (Å²) in [7, 11) is -9.91. The molecule has 17 nitrogen and oxygen atoms in total. The predicted octanol–water partition coefficient (Wildman–Crippen LogP) is 20.9. The standard InChI is InChI=1S/C73H142O17P2/c1-9-65(7)51-43-35-27-22-24-30-40-48-56-73(78)90-68(59-83-70(75)53-45-37-28-23-21-26-34-42-50-64(5)6)61-87-91(79,80)85-57-67(74)58-86-92(81,82)88-62-69(60-84-71(76)54-46-38-32-31-36-44-52-66(8)10-2)89-72(77)55-47-39-29-20-18-16-14-12-11-13-15-17-19-25-33-41-49-63(3)4/h63-69,74H,9-62H2,1-8H3,(H,79,80)(H,81,82)/t65?,66?,67?,68-,69-/m1/s1. The van der Waals surface area contributed by atoms with E-state index in [0.29, 0.717) is 25.7 Å². The van der Waals surface area contributed by atoms with E-state index < -0.39 is 97.5 Å². The second kappa shape index (κ2) is 62.6. The third-order valence-corrected chi connectivity index (χ3v) is 19.4. The molecule has 0 bridgehead atoms. The highest BCUT2D eigenvalue weighted by Gasteiger charge is 2.30. The number of unbranched alkanes of at least 4 members (excludes halogenated alkanes) is 34. The van der Waals surface area contributed by atoms with Gasteiger partial charge in [0.1, 0.15) is 19.3 Å². The SMILES string of the molecule is CCC(C)CCCCCCCCCCC(=O)O[C@H](COC(=O)CCCCCCCCCCC(C)C)COP(=O)(O)OCC(O)COP(=O)(O)OC[C@@H](COC(=O)CCCCCCCCC(C)CC)OC(=O)CCCCCCCCCCCCCCCCCCC(C)C. The van der Waals surface area contributed by atoms with Gasteiger partial charge in [0, 0.05) is 25.7 Å². The highest BCUT2D eigenvalue weighted by molar-refractivity contribution is 7.47. The smallest absolute Gasteiger partial charge is 0.462 e. The van der Waals surface area contributed by atoms with Gasteiger partial charge in [-0.05, 0) is 49.4 Å². The van der Waals surface area contributed by atoms with E-state index in [9.17, 15) is 43.2 Å². The first-order chi connectivity index (χ1) is 44.2. The average molecular weight is 1350 g/mol. The molecule has 0 amide bonds. The zero-order valence-corrected chi connectivity index (χ0v) is 62.0. The van der Waals surface area contributed by atoms with E-state index in [0.717, 1.165) is 120 Å². The van der Waals surface area contributed by atoms with Gasteiger partial charge < -0.3 is 33.8 Å². The van der Waals surface area contributed by atoms with Crippen LogP contribution in [0.15, 0.2) is 0 Å². The summed E-state index contributed by atoms with van der Waals surface area (Å²) < 4.78 is 68.4. The van der Waals surface area contributed by atoms with E-state index in [2.05, 4.69) is 55.4 Å². The molecule has 0 radical (unpaired) electrons. The molecule has 3 N–H and O–H groups in total. The first-order valence-electron chi connectivity index (χ1n) is 37.8. The summed E-state index contributed by atoms with van der Waals surface area (Å²) in [5.74, 6) is 0.908. The maximum absolute atomic E-state index is 13.0. The molecule has 0 heterocycles. The number of aliphatic hydroxyl groups is 1. The summed E-state index contributed by atoms with van der Waals surface area (Å²) in [6.45, 7) is 14.1. The molecule has 0 spiro atoms. The lowest BCUT2D eigenvalue weighted by molar-refractivity contribution is -0.161. The molecular weight excluding hydrogens is 1210 g/mol. The summed E-state index contributed by atoms with van der Waals surface area (Å²) in [4.78, 5) is 72.6. The Hall–Kier alpha value is -1.94. The second-order valence-corrected chi connectivity index (χ2v) is 30.7. The van der Waals surface area contributed by atoms with Crippen molar-refractivity contribution < 1.29 is 80.2 Å². The molecule has 0 saturated carbocycles. The topological polar surface area (TPSA) is 237 Å². The molecule has 92 heavy (non-hydrogen) atoms. The van der Waals surface area contributed by atoms with Crippen LogP contribution in [0.2, 0.25) is 0 Å². The number of phosphoric acid groups is 2. The van der Waals surface area contributed by atoms with Crippen LogP contribution in [0.3, 0.4) is 0 Å². The van der Waals surface area contributed by atoms with Gasteiger partial charge in [0.05, 0.1) is 26.4 Å². The molecule has 0 aromatic heterocycles. The molecule has 7 atom stereocenters. The summed E-state index contributed by atoms with van der Waals surface area (Å²) >= 11 is 0. The molecule has 0 aliphatic carbocycles. The van der Waals surface area contributed by atoms with Crippen molar-refractivity contribution in [1.82, 2.24) is 0 Å². The Morgan fingerprint density at radius 3 is 0.772 bits per heavy atom. The van der Waals surface area contributed by atoms with Crippen LogP contribution in [-0.2, 0) is 65.4 Å². The van der Waals surface area contributed by atoms with Gasteiger partial charge in [-0.25, -0.2) is 9.13 Å². The largest absolute Gasteiger partial charge is 0.472 e. The molecular formula is C73H142O17P2. The van der Waals surface area contributed by atoms with Gasteiger partial charge in [-0.3, -0.25) is 37.3 Å². The highest BCUT2D eigenvalue weighted by atomic mass is 31.2. The van der Waals surface area contributed by atoms with E-state index in [1.165, 1.54) is 161 Å². The van der Waals surface area contributed by atoms with Crippen LogP contribution in [0.4, 0.5) is 0 Å². The van der Waals surface area contributed by atoms with Crippen LogP contribution >= 0.6 is 15.6 Å². The van der Waals surface area contributed by atoms with Crippen LogP contribution < -0.4 is 0 Å². The van der Waals surface area contributed by atoms with Crippen molar-refractivity contribution in [3.05, 3.63) is 0 Å². The van der Waals surface area contributed by atoms with Crippen molar-refractivity contribution in [2.24, 2.45) is 23.7 Å². The fourth-order valence-electron chi connectivity index (χ4n) is 11.0. The Morgan fingerprint density at radius 2 is 0.522 bits per heavy atom. The molecule has 5 unspecified atom stereocenters. The fourth-order valence-corrected chi connectivity index (χ4v) is 12.5. The summed E-state index contributed by atoms with van der Waals surface area (Å²) in [6, 6.07) is 0. The number of esters is 4. The maximum atomic E-state index is 13.0. The first kappa shape index (κ1) is 90.1. The lowest BCUT2D eigenvalue weighted by atomic mass is 9.99. The lowest BCUT2D eigenvalue weighted by Crippen LogP contribution is -2.30. The van der Waals surface area contributed by atoms with Crippen LogP contribution in [0.5, 0.6) is 0 Å². The molecule has 0 aromatic carbocycles. The van der Waals surface area contributed by atoms with Gasteiger partial charge >= 0.3 is 39.5 Å². The minimum Gasteiger partial charge on any atom is -0.462 e. The summed E-state index contributed by atoms with van der Waals surface area (Å²) in [5, 5.41) is 10.6.